The third-order valence-corrected chi connectivity index (χ3v) is 11.2. The maximum Gasteiger partial charge on any atom is 0.160 e. The molecule has 0 saturated carbocycles. The van der Waals surface area contributed by atoms with Crippen LogP contribution in [0, 0.1) is 0 Å². The molecule has 11 rings (SSSR count). The van der Waals surface area contributed by atoms with E-state index in [9.17, 15) is 0 Å². The van der Waals surface area contributed by atoms with E-state index >= 15 is 0 Å². The van der Waals surface area contributed by atoms with Gasteiger partial charge in [0.05, 0.1) is 22.6 Å². The maximum absolute atomic E-state index is 6.40. The van der Waals surface area contributed by atoms with Crippen LogP contribution in [0.25, 0.3) is 109 Å². The van der Waals surface area contributed by atoms with E-state index in [-0.39, 0.29) is 0 Å². The highest BCUT2D eigenvalue weighted by molar-refractivity contribution is 7.25. The lowest BCUT2D eigenvalue weighted by Gasteiger charge is -2.13. The number of fused-ring (bicyclic) bond motifs is 10. The van der Waals surface area contributed by atoms with E-state index < -0.39 is 0 Å². The zero-order valence-corrected chi connectivity index (χ0v) is 28.6. The van der Waals surface area contributed by atoms with Gasteiger partial charge >= 0.3 is 0 Å². The van der Waals surface area contributed by atoms with Crippen molar-refractivity contribution in [1.29, 1.82) is 0 Å². The number of hydrogen-bond acceptors (Lipinski definition) is 5. The van der Waals surface area contributed by atoms with Crippen LogP contribution in [0.3, 0.4) is 0 Å². The number of thiophene rings is 1. The largest absolute Gasteiger partial charge is 0.456 e. The summed E-state index contributed by atoms with van der Waals surface area (Å²) in [6, 6.07) is 57.1. The molecule has 0 N–H and O–H groups in total. The molecule has 0 aliphatic heterocycles. The van der Waals surface area contributed by atoms with Gasteiger partial charge < -0.3 is 4.42 Å². The molecule has 52 heavy (non-hydrogen) atoms. The van der Waals surface area contributed by atoms with Crippen LogP contribution in [0.1, 0.15) is 0 Å². The number of para-hydroxylation sites is 1. The first-order valence-corrected chi connectivity index (χ1v) is 18.2. The van der Waals surface area contributed by atoms with Crippen LogP contribution in [0.2, 0.25) is 0 Å². The molecule has 7 aromatic carbocycles. The molecule has 5 heteroatoms. The van der Waals surface area contributed by atoms with Crippen molar-refractivity contribution in [2.45, 2.75) is 0 Å². The minimum atomic E-state index is 0.666. The number of furan rings is 1. The summed E-state index contributed by atoms with van der Waals surface area (Å²) in [5.41, 5.74) is 9.44. The molecule has 0 radical (unpaired) electrons. The fourth-order valence-electron chi connectivity index (χ4n) is 7.63. The van der Waals surface area contributed by atoms with Crippen LogP contribution in [0.15, 0.2) is 168 Å². The van der Waals surface area contributed by atoms with E-state index in [4.69, 9.17) is 19.4 Å². The molecule has 0 aliphatic rings. The van der Waals surface area contributed by atoms with Crippen molar-refractivity contribution >= 4 is 75.1 Å². The molecule has 0 bridgehead atoms. The summed E-state index contributed by atoms with van der Waals surface area (Å²) in [5.74, 6) is 0.666. The Hall–Kier alpha value is -6.69. The Morgan fingerprint density at radius 2 is 1.06 bits per heavy atom. The Morgan fingerprint density at radius 1 is 0.385 bits per heavy atom. The molecule has 0 unspecified atom stereocenters. The monoisotopic (exact) mass is 681 g/mol. The zero-order chi connectivity index (χ0) is 34.2. The normalized spacial score (nSPS) is 11.8. The summed E-state index contributed by atoms with van der Waals surface area (Å²) in [5, 5.41) is 7.95. The van der Waals surface area contributed by atoms with E-state index in [1.165, 1.54) is 20.2 Å². The summed E-state index contributed by atoms with van der Waals surface area (Å²) in [6.45, 7) is 0. The summed E-state index contributed by atoms with van der Waals surface area (Å²) < 4.78 is 8.94. The predicted octanol–water partition coefficient (Wildman–Crippen LogP) is 13.1. The third-order valence-electron chi connectivity index (χ3n) is 10.1. The molecule has 242 valence electrons. The van der Waals surface area contributed by atoms with Gasteiger partial charge in [0, 0.05) is 69.4 Å². The van der Waals surface area contributed by atoms with Gasteiger partial charge in [0.15, 0.2) is 5.82 Å². The third kappa shape index (κ3) is 4.57. The molecule has 11 aromatic rings. The Morgan fingerprint density at radius 3 is 1.90 bits per heavy atom. The van der Waals surface area contributed by atoms with Crippen molar-refractivity contribution in [2.75, 3.05) is 0 Å². The van der Waals surface area contributed by atoms with Crippen LogP contribution < -0.4 is 0 Å². The molecule has 0 aliphatic carbocycles. The fourth-order valence-corrected chi connectivity index (χ4v) is 8.77. The summed E-state index contributed by atoms with van der Waals surface area (Å²) in [4.78, 5) is 15.8. The molecule has 0 amide bonds. The molecule has 0 spiro atoms. The topological polar surface area (TPSA) is 51.8 Å². The number of pyridine rings is 1. The molecule has 0 fully saturated rings. The number of benzene rings is 7. The van der Waals surface area contributed by atoms with Gasteiger partial charge in [-0.3, -0.25) is 0 Å². The molecular weight excluding hydrogens is 655 g/mol. The standard InChI is InChI=1S/C47H27N3OS/c1-3-11-28(12-4-1)38-27-39(30-19-21-33-32-15-8-10-18-42(32)52-43(33)26-30)50-47(49-38)31-20-23-37-36(25-31)44-35(46(48-37)29-13-5-2-6-14-29)22-24-41-45(44)34-16-7-9-17-40(34)51-41/h1-27H. The van der Waals surface area contributed by atoms with Crippen molar-refractivity contribution in [2.24, 2.45) is 0 Å². The molecule has 4 aromatic heterocycles. The Balaban J connectivity index is 1.18. The number of nitrogens with zero attached hydrogens (tertiary/aromatic N) is 3. The first-order chi connectivity index (χ1) is 25.7. The SMILES string of the molecule is c1ccc(-c2cc(-c3ccc4c(c3)sc3ccccc34)nc(-c3ccc4nc(-c5ccccc5)c5ccc6oc7ccccc7c6c5c4c3)n2)cc1. The Bertz CT molecular complexity index is 3180. The van der Waals surface area contributed by atoms with Gasteiger partial charge in [-0.2, -0.15) is 0 Å². The van der Waals surface area contributed by atoms with Gasteiger partial charge in [-0.15, -0.1) is 11.3 Å². The lowest BCUT2D eigenvalue weighted by molar-refractivity contribution is 0.669. The zero-order valence-electron chi connectivity index (χ0n) is 27.7. The second-order valence-electron chi connectivity index (χ2n) is 13.2. The van der Waals surface area contributed by atoms with E-state index in [1.54, 1.807) is 0 Å². The highest BCUT2D eigenvalue weighted by Gasteiger charge is 2.19. The average Bonchev–Trinajstić information content (AvgIpc) is 3.79. The number of hydrogen-bond donors (Lipinski definition) is 0. The second-order valence-corrected chi connectivity index (χ2v) is 14.2. The maximum atomic E-state index is 6.40. The quantitative estimate of drug-likeness (QED) is 0.174. The van der Waals surface area contributed by atoms with Gasteiger partial charge in [-0.1, -0.05) is 109 Å². The van der Waals surface area contributed by atoms with Crippen molar-refractivity contribution in [3.05, 3.63) is 164 Å². The van der Waals surface area contributed by atoms with Crippen LogP contribution >= 0.6 is 11.3 Å². The van der Waals surface area contributed by atoms with Crippen LogP contribution in [0.4, 0.5) is 0 Å². The molecule has 4 heterocycles. The van der Waals surface area contributed by atoms with Crippen molar-refractivity contribution in [3.63, 3.8) is 0 Å². The van der Waals surface area contributed by atoms with Crippen molar-refractivity contribution in [3.8, 4) is 45.2 Å². The van der Waals surface area contributed by atoms with Crippen molar-refractivity contribution in [1.82, 2.24) is 15.0 Å². The Labute approximate surface area is 302 Å². The van der Waals surface area contributed by atoms with Gasteiger partial charge in [-0.05, 0) is 54.6 Å². The fraction of sp³-hybridized carbons (Fsp3) is 0. The lowest BCUT2D eigenvalue weighted by Crippen LogP contribution is -1.97. The highest BCUT2D eigenvalue weighted by Crippen LogP contribution is 2.42. The molecule has 4 nitrogen and oxygen atoms in total. The summed E-state index contributed by atoms with van der Waals surface area (Å²) >= 11 is 1.82. The van der Waals surface area contributed by atoms with E-state index in [0.29, 0.717) is 5.82 Å². The van der Waals surface area contributed by atoms with E-state index in [2.05, 4.69) is 140 Å². The minimum Gasteiger partial charge on any atom is -0.456 e. The van der Waals surface area contributed by atoms with Crippen LogP contribution in [0.5, 0.6) is 0 Å². The van der Waals surface area contributed by atoms with Gasteiger partial charge in [-0.25, -0.2) is 15.0 Å². The average molecular weight is 682 g/mol. The van der Waals surface area contributed by atoms with E-state index in [1.807, 2.05) is 35.6 Å². The van der Waals surface area contributed by atoms with Crippen LogP contribution in [-0.2, 0) is 0 Å². The number of aromatic nitrogens is 3. The molecular formula is C47H27N3OS. The van der Waals surface area contributed by atoms with Gasteiger partial charge in [0.1, 0.15) is 11.2 Å². The summed E-state index contributed by atoms with van der Waals surface area (Å²) in [6.07, 6.45) is 0. The van der Waals surface area contributed by atoms with Gasteiger partial charge in [0.2, 0.25) is 0 Å². The smallest absolute Gasteiger partial charge is 0.160 e. The first-order valence-electron chi connectivity index (χ1n) is 17.3. The first kappa shape index (κ1) is 29.1. The molecule has 0 saturated heterocycles. The van der Waals surface area contributed by atoms with E-state index in [0.717, 1.165) is 82.9 Å². The van der Waals surface area contributed by atoms with Crippen LogP contribution in [-0.4, -0.2) is 15.0 Å². The predicted molar refractivity (Wildman–Crippen MR) is 217 cm³/mol. The van der Waals surface area contributed by atoms with Crippen molar-refractivity contribution < 1.29 is 4.42 Å². The number of rotatable bonds is 4. The highest BCUT2D eigenvalue weighted by atomic mass is 32.1. The minimum absolute atomic E-state index is 0.666. The summed E-state index contributed by atoms with van der Waals surface area (Å²) in [7, 11) is 0. The molecule has 0 atom stereocenters. The van der Waals surface area contributed by atoms with Gasteiger partial charge in [0.25, 0.3) is 0 Å². The Kier molecular flexibility index (Phi) is 6.39. The second kappa shape index (κ2) is 11.4. The lowest BCUT2D eigenvalue weighted by atomic mass is 9.95.